The summed E-state index contributed by atoms with van der Waals surface area (Å²) in [6.07, 6.45) is 6.83. The number of amides is 2. The van der Waals surface area contributed by atoms with Crippen LogP contribution in [0.5, 0.6) is 11.5 Å². The van der Waals surface area contributed by atoms with Gasteiger partial charge < -0.3 is 28.4 Å². The van der Waals surface area contributed by atoms with Gasteiger partial charge in [-0.05, 0) is 93.0 Å². The van der Waals surface area contributed by atoms with Crippen LogP contribution in [0.4, 0.5) is 0 Å². The van der Waals surface area contributed by atoms with Crippen LogP contribution in [0.15, 0.2) is 34.7 Å². The molecule has 0 atom stereocenters. The Morgan fingerprint density at radius 1 is 0.905 bits per heavy atom. The topological polar surface area (TPSA) is 84.7 Å². The van der Waals surface area contributed by atoms with E-state index in [2.05, 4.69) is 4.90 Å². The van der Waals surface area contributed by atoms with Gasteiger partial charge in [0.1, 0.15) is 11.5 Å². The molecule has 2 aliphatic heterocycles. The number of nitrogens with zero attached hydrogens (tertiary/aromatic N) is 3. The zero-order chi connectivity index (χ0) is 28.7. The summed E-state index contributed by atoms with van der Waals surface area (Å²) in [4.78, 5) is 34.8. The van der Waals surface area contributed by atoms with Crippen molar-refractivity contribution in [3.63, 3.8) is 0 Å². The first-order valence-corrected chi connectivity index (χ1v) is 15.7. The van der Waals surface area contributed by atoms with Gasteiger partial charge in [0.15, 0.2) is 11.5 Å². The third kappa shape index (κ3) is 5.78. The second kappa shape index (κ2) is 11.6. The molecule has 9 nitrogen and oxygen atoms in total. The lowest BCUT2D eigenvalue weighted by molar-refractivity contribution is -0.160. The summed E-state index contributed by atoms with van der Waals surface area (Å²) in [7, 11) is 0. The van der Waals surface area contributed by atoms with Gasteiger partial charge in [-0.3, -0.25) is 14.5 Å². The van der Waals surface area contributed by atoms with Gasteiger partial charge in [-0.2, -0.15) is 0 Å². The van der Waals surface area contributed by atoms with Crippen molar-refractivity contribution >= 4 is 11.8 Å². The fraction of sp³-hybridized carbons (Fsp3) is 0.636. The molecule has 6 aliphatic rings. The molecule has 0 spiro atoms. The molecule has 1 aromatic heterocycles. The summed E-state index contributed by atoms with van der Waals surface area (Å²) < 4.78 is 22.5. The van der Waals surface area contributed by atoms with Crippen molar-refractivity contribution in [3.05, 3.63) is 47.4 Å². The average Bonchev–Trinajstić information content (AvgIpc) is 3.62. The van der Waals surface area contributed by atoms with Crippen molar-refractivity contribution in [1.29, 1.82) is 0 Å². The lowest BCUT2D eigenvalue weighted by Gasteiger charge is -2.56. The van der Waals surface area contributed by atoms with E-state index in [1.165, 1.54) is 19.3 Å². The number of hydrogen-bond acceptors (Lipinski definition) is 7. The summed E-state index contributed by atoms with van der Waals surface area (Å²) in [5.74, 6) is 5.09. The highest BCUT2D eigenvalue weighted by Crippen LogP contribution is 2.60. The van der Waals surface area contributed by atoms with Crippen LogP contribution in [0.1, 0.15) is 55.6 Å². The van der Waals surface area contributed by atoms with Crippen molar-refractivity contribution in [3.8, 4) is 11.5 Å². The lowest BCUT2D eigenvalue weighted by atomic mass is 9.49. The van der Waals surface area contributed by atoms with Crippen LogP contribution >= 0.6 is 0 Å². The number of hydrogen-bond donors (Lipinski definition) is 0. The predicted octanol–water partition coefficient (Wildman–Crippen LogP) is 4.22. The maximum absolute atomic E-state index is 14.5. The molecule has 3 heterocycles. The second-order valence-electron chi connectivity index (χ2n) is 13.3. The Kier molecular flexibility index (Phi) is 7.65. The molecule has 0 unspecified atom stereocenters. The molecule has 4 bridgehead atoms. The highest BCUT2D eigenvalue weighted by molar-refractivity contribution is 5.88. The molecule has 1 aromatic carbocycles. The first kappa shape index (κ1) is 27.8. The number of fused-ring (bicyclic) bond motifs is 1. The van der Waals surface area contributed by atoms with Gasteiger partial charge in [-0.1, -0.05) is 6.07 Å². The predicted molar refractivity (Wildman–Crippen MR) is 155 cm³/mol. The number of rotatable bonds is 10. The number of furan rings is 1. The summed E-state index contributed by atoms with van der Waals surface area (Å²) in [5.41, 5.74) is 0.656. The van der Waals surface area contributed by atoms with Gasteiger partial charge in [-0.15, -0.1) is 0 Å². The van der Waals surface area contributed by atoms with Crippen molar-refractivity contribution < 1.29 is 28.2 Å². The molecule has 226 valence electrons. The molecule has 0 radical (unpaired) electrons. The number of ether oxygens (including phenoxy) is 3. The van der Waals surface area contributed by atoms with E-state index in [1.807, 2.05) is 47.1 Å². The highest BCUT2D eigenvalue weighted by atomic mass is 16.7. The van der Waals surface area contributed by atoms with Crippen LogP contribution in [0.2, 0.25) is 0 Å². The molecular formula is C33H43N3O6. The van der Waals surface area contributed by atoms with E-state index < -0.39 is 0 Å². The Labute approximate surface area is 248 Å². The molecule has 8 rings (SSSR count). The zero-order valence-corrected chi connectivity index (χ0v) is 24.7. The Balaban J connectivity index is 1.12. The fourth-order valence-corrected chi connectivity index (χ4v) is 8.56. The molecule has 1 saturated heterocycles. The molecule has 42 heavy (non-hydrogen) atoms. The third-order valence-corrected chi connectivity index (χ3v) is 10.2. The minimum absolute atomic E-state index is 0.0678. The van der Waals surface area contributed by atoms with Gasteiger partial charge in [0, 0.05) is 32.7 Å². The van der Waals surface area contributed by atoms with E-state index in [0.29, 0.717) is 62.1 Å². The molecule has 2 amide bonds. The lowest BCUT2D eigenvalue weighted by Crippen LogP contribution is -2.57. The van der Waals surface area contributed by atoms with Gasteiger partial charge in [0.25, 0.3) is 0 Å². The van der Waals surface area contributed by atoms with E-state index in [1.54, 1.807) is 0 Å². The minimum atomic E-state index is -0.291. The first-order valence-electron chi connectivity index (χ1n) is 15.7. The number of carbonyl (C=O) groups is 2. The molecule has 9 heteroatoms. The third-order valence-electron chi connectivity index (χ3n) is 10.2. The van der Waals surface area contributed by atoms with Gasteiger partial charge in [0.2, 0.25) is 18.6 Å². The van der Waals surface area contributed by atoms with Gasteiger partial charge in [0.05, 0.1) is 31.7 Å². The van der Waals surface area contributed by atoms with Crippen molar-refractivity contribution in [2.24, 2.45) is 23.2 Å². The van der Waals surface area contributed by atoms with Crippen molar-refractivity contribution in [2.75, 3.05) is 52.7 Å². The van der Waals surface area contributed by atoms with Crippen molar-refractivity contribution in [1.82, 2.24) is 14.7 Å². The van der Waals surface area contributed by atoms with E-state index in [0.717, 1.165) is 56.0 Å². The van der Waals surface area contributed by atoms with Gasteiger partial charge in [-0.25, -0.2) is 0 Å². The smallest absolute Gasteiger partial charge is 0.242 e. The van der Waals surface area contributed by atoms with E-state index >= 15 is 0 Å². The zero-order valence-electron chi connectivity index (χ0n) is 24.7. The average molecular weight is 578 g/mol. The SMILES string of the molecule is Cc1ccc(CN(Cc2ccc3c(c2)OCO3)C(=O)CN(CCN2CCOCC2)C(=O)C23CC4CC(CC(C4)C2)C3)o1. The number of carbonyl (C=O) groups excluding carboxylic acids is 2. The molecule has 2 aromatic rings. The maximum Gasteiger partial charge on any atom is 0.242 e. The Hall–Kier alpha value is -3.04. The monoisotopic (exact) mass is 577 g/mol. The highest BCUT2D eigenvalue weighted by Gasteiger charge is 2.55. The van der Waals surface area contributed by atoms with E-state index in [9.17, 15) is 9.59 Å². The van der Waals surface area contributed by atoms with Crippen LogP contribution < -0.4 is 9.47 Å². The number of benzene rings is 1. The summed E-state index contributed by atoms with van der Waals surface area (Å²) >= 11 is 0. The molecule has 5 fully saturated rings. The molecule has 4 saturated carbocycles. The first-order chi connectivity index (χ1) is 20.4. The molecule has 4 aliphatic carbocycles. The Morgan fingerprint density at radius 3 is 2.31 bits per heavy atom. The van der Waals surface area contributed by atoms with Crippen molar-refractivity contribution in [2.45, 2.75) is 58.5 Å². The van der Waals surface area contributed by atoms with Crippen LogP contribution in [0.25, 0.3) is 0 Å². The molecule has 0 N–H and O–H groups in total. The van der Waals surface area contributed by atoms with Gasteiger partial charge >= 0.3 is 0 Å². The van der Waals surface area contributed by atoms with Crippen LogP contribution in [-0.2, 0) is 27.4 Å². The normalized spacial score (nSPS) is 27.8. The molecular weight excluding hydrogens is 534 g/mol. The summed E-state index contributed by atoms with van der Waals surface area (Å²) in [6, 6.07) is 9.64. The van der Waals surface area contributed by atoms with Crippen LogP contribution in [0, 0.1) is 30.1 Å². The van der Waals surface area contributed by atoms with E-state index in [4.69, 9.17) is 18.6 Å². The largest absolute Gasteiger partial charge is 0.464 e. The quantitative estimate of drug-likeness (QED) is 0.418. The van der Waals surface area contributed by atoms with E-state index in [-0.39, 0.29) is 30.6 Å². The standard InChI is InChI=1S/C33H43N3O6/c1-23-2-4-28(42-23)20-36(19-24-3-5-29-30(15-24)41-22-40-29)31(37)21-35(7-6-34-8-10-39-11-9-34)32(38)33-16-25-12-26(17-33)14-27(13-25)18-33/h2-5,15,25-27H,6-14,16-22H2,1H3. The summed E-state index contributed by atoms with van der Waals surface area (Å²) in [6.45, 7) is 7.39. The Bertz CT molecular complexity index is 1270. The number of morpholine rings is 1. The van der Waals surface area contributed by atoms with Crippen LogP contribution in [0.3, 0.4) is 0 Å². The fourth-order valence-electron chi connectivity index (χ4n) is 8.56. The maximum atomic E-state index is 14.5. The summed E-state index contributed by atoms with van der Waals surface area (Å²) in [5, 5.41) is 0. The minimum Gasteiger partial charge on any atom is -0.464 e. The number of aryl methyl sites for hydroxylation is 1. The van der Waals surface area contributed by atoms with Crippen LogP contribution in [-0.4, -0.2) is 79.2 Å². The second-order valence-corrected chi connectivity index (χ2v) is 13.3. The Morgan fingerprint density at radius 2 is 1.62 bits per heavy atom.